The first-order valence-corrected chi connectivity index (χ1v) is 10.4. The van der Waals surface area contributed by atoms with Crippen molar-refractivity contribution < 1.29 is 18.8 Å². The molecule has 0 spiro atoms. The Hall–Kier alpha value is -3.22. The molecule has 2 rings (SSSR count). The molecule has 0 aliphatic rings. The number of rotatable bonds is 10. The van der Waals surface area contributed by atoms with E-state index in [1.165, 1.54) is 17.0 Å². The largest absolute Gasteiger partial charge is 0.350 e. The number of benzene rings is 2. The molecule has 6 nitrogen and oxygen atoms in total. The summed E-state index contributed by atoms with van der Waals surface area (Å²) in [6.07, 6.45) is 0.182. The van der Waals surface area contributed by atoms with Gasteiger partial charge in [0.15, 0.2) is 0 Å². The van der Waals surface area contributed by atoms with Crippen molar-refractivity contribution in [2.24, 2.45) is 5.92 Å². The number of hydrogen-bond acceptors (Lipinski definition) is 3. The average Bonchev–Trinajstić information content (AvgIpc) is 2.75. The monoisotopic (exact) mass is 427 g/mol. The molecule has 0 aromatic heterocycles. The van der Waals surface area contributed by atoms with E-state index in [-0.39, 0.29) is 49.0 Å². The summed E-state index contributed by atoms with van der Waals surface area (Å²) in [4.78, 5) is 39.3. The second-order valence-electron chi connectivity index (χ2n) is 7.71. The van der Waals surface area contributed by atoms with Crippen molar-refractivity contribution in [1.82, 2.24) is 15.5 Å². The second-order valence-corrected chi connectivity index (χ2v) is 7.71. The molecular formula is C24H30FN3O3. The number of carbonyl (C=O) groups excluding carboxylic acids is 3. The summed E-state index contributed by atoms with van der Waals surface area (Å²) in [5, 5.41) is 5.56. The minimum Gasteiger partial charge on any atom is -0.350 e. The smallest absolute Gasteiger partial charge is 0.245 e. The normalized spacial score (nSPS) is 11.6. The van der Waals surface area contributed by atoms with E-state index in [0.29, 0.717) is 6.54 Å². The number of likely N-dealkylation sites (N-methyl/N-ethyl adjacent to an activating group) is 1. The molecule has 0 heterocycles. The van der Waals surface area contributed by atoms with Gasteiger partial charge in [-0.3, -0.25) is 14.4 Å². The molecule has 0 aliphatic carbocycles. The molecule has 166 valence electrons. The third kappa shape index (κ3) is 7.85. The van der Waals surface area contributed by atoms with Crippen LogP contribution in [-0.4, -0.2) is 41.8 Å². The van der Waals surface area contributed by atoms with Crippen LogP contribution in [0.15, 0.2) is 54.6 Å². The van der Waals surface area contributed by atoms with E-state index >= 15 is 0 Å². The molecule has 2 N–H and O–H groups in total. The predicted molar refractivity (Wildman–Crippen MR) is 117 cm³/mol. The van der Waals surface area contributed by atoms with Gasteiger partial charge in [-0.25, -0.2) is 4.39 Å². The fourth-order valence-corrected chi connectivity index (χ4v) is 3.09. The van der Waals surface area contributed by atoms with E-state index in [2.05, 4.69) is 10.6 Å². The molecule has 0 radical (unpaired) electrons. The van der Waals surface area contributed by atoms with Crippen molar-refractivity contribution in [3.63, 3.8) is 0 Å². The molecule has 2 aromatic carbocycles. The van der Waals surface area contributed by atoms with Crippen molar-refractivity contribution in [2.45, 2.75) is 39.8 Å². The Kier molecular flexibility index (Phi) is 9.18. The topological polar surface area (TPSA) is 78.5 Å². The molecule has 1 atom stereocenters. The van der Waals surface area contributed by atoms with Crippen LogP contribution >= 0.6 is 0 Å². The van der Waals surface area contributed by atoms with Crippen LogP contribution in [0, 0.1) is 11.7 Å². The maximum Gasteiger partial charge on any atom is 0.245 e. The van der Waals surface area contributed by atoms with Gasteiger partial charge in [0.05, 0.1) is 13.0 Å². The minimum absolute atomic E-state index is 0.117. The lowest BCUT2D eigenvalue weighted by molar-refractivity contribution is -0.140. The molecule has 0 fully saturated rings. The highest BCUT2D eigenvalue weighted by molar-refractivity contribution is 5.91. The number of hydrogen-bond donors (Lipinski definition) is 2. The third-order valence-electron chi connectivity index (χ3n) is 4.89. The number of nitrogens with one attached hydrogen (secondary N) is 2. The highest BCUT2D eigenvalue weighted by Crippen LogP contribution is 2.08. The van der Waals surface area contributed by atoms with Crippen molar-refractivity contribution in [2.75, 3.05) is 13.1 Å². The minimum atomic E-state index is -0.721. The van der Waals surface area contributed by atoms with Gasteiger partial charge < -0.3 is 15.5 Å². The Balaban J connectivity index is 1.93. The maximum absolute atomic E-state index is 13.0. The van der Waals surface area contributed by atoms with E-state index in [4.69, 9.17) is 0 Å². The molecule has 0 aliphatic heterocycles. The van der Waals surface area contributed by atoms with E-state index in [1.54, 1.807) is 19.1 Å². The molecule has 7 heteroatoms. The zero-order chi connectivity index (χ0) is 22.8. The lowest BCUT2D eigenvalue weighted by Crippen LogP contribution is -2.53. The van der Waals surface area contributed by atoms with Gasteiger partial charge in [-0.1, -0.05) is 56.3 Å². The summed E-state index contributed by atoms with van der Waals surface area (Å²) >= 11 is 0. The van der Waals surface area contributed by atoms with E-state index in [9.17, 15) is 18.8 Å². The number of carbonyl (C=O) groups is 3. The Labute approximate surface area is 182 Å². The number of halogens is 1. The second kappa shape index (κ2) is 11.8. The lowest BCUT2D eigenvalue weighted by Gasteiger charge is -2.28. The van der Waals surface area contributed by atoms with Gasteiger partial charge in [0.1, 0.15) is 11.9 Å². The number of nitrogens with zero attached hydrogens (tertiary/aromatic N) is 1. The average molecular weight is 428 g/mol. The van der Waals surface area contributed by atoms with Crippen LogP contribution < -0.4 is 10.6 Å². The third-order valence-corrected chi connectivity index (χ3v) is 4.89. The predicted octanol–water partition coefficient (Wildman–Crippen LogP) is 2.67. The fraction of sp³-hybridized carbons (Fsp3) is 0.375. The Morgan fingerprint density at radius 1 is 0.935 bits per heavy atom. The van der Waals surface area contributed by atoms with E-state index in [0.717, 1.165) is 11.1 Å². The zero-order valence-corrected chi connectivity index (χ0v) is 18.2. The summed E-state index contributed by atoms with van der Waals surface area (Å²) in [5.41, 5.74) is 1.62. The van der Waals surface area contributed by atoms with Crippen LogP contribution in [0.2, 0.25) is 0 Å². The van der Waals surface area contributed by atoms with Gasteiger partial charge in [-0.15, -0.1) is 0 Å². The van der Waals surface area contributed by atoms with Crippen molar-refractivity contribution in [1.29, 1.82) is 0 Å². The molecule has 0 saturated heterocycles. The number of amides is 3. The SMILES string of the molecule is CCN(CC(=O)NCc1ccc(F)cc1)C(=O)C(NC(=O)Cc1ccccc1)C(C)C. The quantitative estimate of drug-likeness (QED) is 0.612. The van der Waals surface area contributed by atoms with Gasteiger partial charge >= 0.3 is 0 Å². The molecule has 0 saturated carbocycles. The lowest BCUT2D eigenvalue weighted by atomic mass is 10.0. The summed E-state index contributed by atoms with van der Waals surface area (Å²) in [7, 11) is 0. The molecular weight excluding hydrogens is 397 g/mol. The van der Waals surface area contributed by atoms with Crippen molar-refractivity contribution >= 4 is 17.7 Å². The van der Waals surface area contributed by atoms with Crippen LogP contribution in [-0.2, 0) is 27.3 Å². The standard InChI is InChI=1S/C24H30FN3O3/c1-4-28(16-22(30)26-15-19-10-12-20(25)13-11-19)24(31)23(17(2)3)27-21(29)14-18-8-6-5-7-9-18/h5-13,17,23H,4,14-16H2,1-3H3,(H,26,30)(H,27,29). The zero-order valence-electron chi connectivity index (χ0n) is 18.2. The molecule has 3 amide bonds. The Morgan fingerprint density at radius 2 is 1.58 bits per heavy atom. The molecule has 2 aromatic rings. The van der Waals surface area contributed by atoms with Crippen LogP contribution in [0.4, 0.5) is 4.39 Å². The summed E-state index contributed by atoms with van der Waals surface area (Å²) < 4.78 is 13.0. The highest BCUT2D eigenvalue weighted by atomic mass is 19.1. The van der Waals surface area contributed by atoms with Crippen molar-refractivity contribution in [3.05, 3.63) is 71.5 Å². The van der Waals surface area contributed by atoms with Crippen molar-refractivity contribution in [3.8, 4) is 0 Å². The highest BCUT2D eigenvalue weighted by Gasteiger charge is 2.29. The summed E-state index contributed by atoms with van der Waals surface area (Å²) in [6.45, 7) is 5.96. The van der Waals surface area contributed by atoms with Gasteiger partial charge in [0.2, 0.25) is 17.7 Å². The maximum atomic E-state index is 13.0. The van der Waals surface area contributed by atoms with Gasteiger partial charge in [-0.05, 0) is 36.1 Å². The Bertz CT molecular complexity index is 869. The summed E-state index contributed by atoms with van der Waals surface area (Å²) in [6, 6.07) is 14.4. The van der Waals surface area contributed by atoms with Crippen LogP contribution in [0.1, 0.15) is 31.9 Å². The first kappa shape index (κ1) is 24.1. The fourth-order valence-electron chi connectivity index (χ4n) is 3.09. The van der Waals surface area contributed by atoms with Gasteiger partial charge in [0.25, 0.3) is 0 Å². The van der Waals surface area contributed by atoms with E-state index in [1.807, 2.05) is 44.2 Å². The van der Waals surface area contributed by atoms with Crippen LogP contribution in [0.25, 0.3) is 0 Å². The molecule has 1 unspecified atom stereocenters. The molecule has 0 bridgehead atoms. The van der Waals surface area contributed by atoms with Gasteiger partial charge in [0, 0.05) is 13.1 Å². The molecule has 31 heavy (non-hydrogen) atoms. The van der Waals surface area contributed by atoms with Crippen LogP contribution in [0.3, 0.4) is 0 Å². The first-order chi connectivity index (χ1) is 14.8. The first-order valence-electron chi connectivity index (χ1n) is 10.4. The summed E-state index contributed by atoms with van der Waals surface area (Å²) in [5.74, 6) is -1.33. The van der Waals surface area contributed by atoms with Gasteiger partial charge in [-0.2, -0.15) is 0 Å². The van der Waals surface area contributed by atoms with Crippen LogP contribution in [0.5, 0.6) is 0 Å². The Morgan fingerprint density at radius 3 is 2.16 bits per heavy atom. The van der Waals surface area contributed by atoms with E-state index < -0.39 is 6.04 Å².